The van der Waals surface area contributed by atoms with Crippen LogP contribution in [0, 0.1) is 10.1 Å². The maximum atomic E-state index is 12.1. The van der Waals surface area contributed by atoms with Crippen molar-refractivity contribution in [3.05, 3.63) is 85.4 Å². The van der Waals surface area contributed by atoms with Gasteiger partial charge in [0, 0.05) is 18.3 Å². The average molecular weight is 360 g/mol. The number of rotatable bonds is 4. The number of hydrogen-bond acceptors (Lipinski definition) is 6. The number of carbonyl (C=O) groups excluding carboxylic acids is 1. The van der Waals surface area contributed by atoms with Crippen LogP contribution in [0.5, 0.6) is 0 Å². The molecule has 0 amide bonds. The lowest BCUT2D eigenvalue weighted by molar-refractivity contribution is -0.385. The van der Waals surface area contributed by atoms with E-state index in [-0.39, 0.29) is 29.1 Å². The number of nitrogens with zero attached hydrogens (tertiary/aromatic N) is 3. The molecule has 0 aliphatic rings. The van der Waals surface area contributed by atoms with E-state index in [0.29, 0.717) is 10.7 Å². The molecule has 3 rings (SSSR count). The highest BCUT2D eigenvalue weighted by Gasteiger charge is 2.20. The second-order valence-corrected chi connectivity index (χ2v) is 5.45. The van der Waals surface area contributed by atoms with E-state index in [4.69, 9.17) is 16.3 Å². The van der Waals surface area contributed by atoms with E-state index in [9.17, 15) is 19.7 Å². The molecule has 2 heterocycles. The molecule has 25 heavy (non-hydrogen) atoms. The molecule has 0 aliphatic heterocycles. The summed E-state index contributed by atoms with van der Waals surface area (Å²) in [7, 11) is 0. The molecule has 1 aromatic carbocycles. The van der Waals surface area contributed by atoms with Crippen molar-refractivity contribution >= 4 is 28.9 Å². The molecule has 9 heteroatoms. The molecule has 2 aromatic heterocycles. The summed E-state index contributed by atoms with van der Waals surface area (Å²) < 4.78 is 6.31. The molecular formula is C16H10ClN3O5. The van der Waals surface area contributed by atoms with Crippen LogP contribution in [0.2, 0.25) is 5.02 Å². The fraction of sp³-hybridized carbons (Fsp3) is 0.0625. The molecular weight excluding hydrogens is 350 g/mol. The van der Waals surface area contributed by atoms with E-state index in [2.05, 4.69) is 4.98 Å². The lowest BCUT2D eigenvalue weighted by Gasteiger charge is -2.06. The van der Waals surface area contributed by atoms with Crippen molar-refractivity contribution in [2.45, 2.75) is 6.61 Å². The van der Waals surface area contributed by atoms with E-state index in [1.165, 1.54) is 40.9 Å². The smallest absolute Gasteiger partial charge is 0.345 e. The van der Waals surface area contributed by atoms with Gasteiger partial charge in [-0.1, -0.05) is 23.7 Å². The number of halogens is 1. The second kappa shape index (κ2) is 6.70. The van der Waals surface area contributed by atoms with Gasteiger partial charge in [-0.05, 0) is 18.2 Å². The van der Waals surface area contributed by atoms with Gasteiger partial charge < -0.3 is 4.74 Å². The minimum atomic E-state index is -0.870. The maximum Gasteiger partial charge on any atom is 0.345 e. The highest BCUT2D eigenvalue weighted by molar-refractivity contribution is 6.30. The highest BCUT2D eigenvalue weighted by atomic mass is 35.5. The number of ether oxygens (including phenoxy) is 1. The fourth-order valence-corrected chi connectivity index (χ4v) is 2.38. The summed E-state index contributed by atoms with van der Waals surface area (Å²) in [4.78, 5) is 38.6. The first-order valence-electron chi connectivity index (χ1n) is 7.04. The quantitative estimate of drug-likeness (QED) is 0.403. The van der Waals surface area contributed by atoms with Gasteiger partial charge in [-0.2, -0.15) is 0 Å². The van der Waals surface area contributed by atoms with Gasteiger partial charge in [0.1, 0.15) is 17.8 Å². The van der Waals surface area contributed by atoms with Gasteiger partial charge >= 0.3 is 5.97 Å². The van der Waals surface area contributed by atoms with Gasteiger partial charge in [0.25, 0.3) is 11.2 Å². The molecule has 8 nitrogen and oxygen atoms in total. The Kier molecular flexibility index (Phi) is 4.44. The first kappa shape index (κ1) is 16.6. The number of pyridine rings is 1. The molecule has 0 fully saturated rings. The molecule has 0 bridgehead atoms. The Morgan fingerprint density at radius 2 is 2.04 bits per heavy atom. The van der Waals surface area contributed by atoms with Crippen molar-refractivity contribution in [1.29, 1.82) is 0 Å². The number of benzene rings is 1. The molecule has 0 aliphatic carbocycles. The summed E-state index contributed by atoms with van der Waals surface area (Å²) in [5, 5.41) is 11.3. The molecule has 126 valence electrons. The van der Waals surface area contributed by atoms with Crippen molar-refractivity contribution in [3.8, 4) is 0 Å². The van der Waals surface area contributed by atoms with Crippen molar-refractivity contribution in [1.82, 2.24) is 9.38 Å². The summed E-state index contributed by atoms with van der Waals surface area (Å²) in [5.41, 5.74) is -0.345. The summed E-state index contributed by atoms with van der Waals surface area (Å²) in [6.45, 7) is -0.292. The summed E-state index contributed by atoms with van der Waals surface area (Å²) in [6, 6.07) is 9.78. The second-order valence-electron chi connectivity index (χ2n) is 5.01. The van der Waals surface area contributed by atoms with Crippen LogP contribution in [0.3, 0.4) is 0 Å². The first-order chi connectivity index (χ1) is 12.0. The van der Waals surface area contributed by atoms with Crippen LogP contribution in [-0.4, -0.2) is 20.3 Å². The zero-order valence-corrected chi connectivity index (χ0v) is 13.3. The Bertz CT molecular complexity index is 1050. The molecule has 0 atom stereocenters. The minimum absolute atomic E-state index is 0.170. The Balaban J connectivity index is 1.83. The van der Waals surface area contributed by atoms with Crippen LogP contribution in [0.15, 0.2) is 53.5 Å². The first-order valence-corrected chi connectivity index (χ1v) is 7.42. The van der Waals surface area contributed by atoms with Crippen LogP contribution in [0.1, 0.15) is 16.1 Å². The van der Waals surface area contributed by atoms with Gasteiger partial charge in [0.05, 0.1) is 15.6 Å². The standard InChI is InChI=1S/C16H10ClN3O5/c17-10-5-6-14-18-11(7-15(21)19(14)8-10)9-25-16(22)12-3-1-2-4-13(12)20(23)24/h1-8H,9H2. The third-order valence-electron chi connectivity index (χ3n) is 3.35. The van der Waals surface area contributed by atoms with Crippen LogP contribution in [0.25, 0.3) is 5.65 Å². The lowest BCUT2D eigenvalue weighted by atomic mass is 10.2. The number of nitro benzene ring substituents is 1. The zero-order valence-electron chi connectivity index (χ0n) is 12.6. The van der Waals surface area contributed by atoms with Gasteiger partial charge in [-0.15, -0.1) is 0 Å². The van der Waals surface area contributed by atoms with Crippen LogP contribution < -0.4 is 5.56 Å². The van der Waals surface area contributed by atoms with Gasteiger partial charge in [-0.25, -0.2) is 9.78 Å². The van der Waals surface area contributed by atoms with Gasteiger partial charge in [0.15, 0.2) is 0 Å². The largest absolute Gasteiger partial charge is 0.455 e. The lowest BCUT2D eigenvalue weighted by Crippen LogP contribution is -2.16. The van der Waals surface area contributed by atoms with Crippen molar-refractivity contribution in [3.63, 3.8) is 0 Å². The Labute approximate surface area is 145 Å². The average Bonchev–Trinajstić information content (AvgIpc) is 2.60. The van der Waals surface area contributed by atoms with Crippen molar-refractivity contribution < 1.29 is 14.5 Å². The molecule has 0 unspecified atom stereocenters. The van der Waals surface area contributed by atoms with Crippen LogP contribution in [-0.2, 0) is 11.3 Å². The Morgan fingerprint density at radius 3 is 2.80 bits per heavy atom. The molecule has 0 spiro atoms. The monoisotopic (exact) mass is 359 g/mol. The number of para-hydroxylation sites is 1. The summed E-state index contributed by atoms with van der Waals surface area (Å²) >= 11 is 5.83. The molecule has 0 saturated carbocycles. The Morgan fingerprint density at radius 1 is 1.28 bits per heavy atom. The fourth-order valence-electron chi connectivity index (χ4n) is 2.22. The normalized spacial score (nSPS) is 10.6. The molecule has 3 aromatic rings. The third-order valence-corrected chi connectivity index (χ3v) is 3.57. The number of fused-ring (bicyclic) bond motifs is 1. The number of aromatic nitrogens is 2. The molecule has 0 saturated heterocycles. The van der Waals surface area contributed by atoms with Crippen LogP contribution in [0.4, 0.5) is 5.69 Å². The van der Waals surface area contributed by atoms with Gasteiger partial charge in [-0.3, -0.25) is 19.3 Å². The number of nitro groups is 1. The predicted molar refractivity (Wildman–Crippen MR) is 88.7 cm³/mol. The predicted octanol–water partition coefficient (Wildman–Crippen LogP) is 2.61. The zero-order chi connectivity index (χ0) is 18.0. The third kappa shape index (κ3) is 3.48. The van der Waals surface area contributed by atoms with Crippen LogP contribution >= 0.6 is 11.6 Å². The topological polar surface area (TPSA) is 104 Å². The minimum Gasteiger partial charge on any atom is -0.455 e. The number of carbonyl (C=O) groups is 1. The maximum absolute atomic E-state index is 12.1. The summed E-state index contributed by atoms with van der Waals surface area (Å²) in [6.07, 6.45) is 1.43. The summed E-state index contributed by atoms with van der Waals surface area (Å²) in [5.74, 6) is -0.870. The SMILES string of the molecule is O=C(OCc1cc(=O)n2cc(Cl)ccc2n1)c1ccccc1[N+](=O)[O-]. The van der Waals surface area contributed by atoms with E-state index >= 15 is 0 Å². The van der Waals surface area contributed by atoms with E-state index < -0.39 is 10.9 Å². The van der Waals surface area contributed by atoms with Gasteiger partial charge in [0.2, 0.25) is 0 Å². The molecule has 0 radical (unpaired) electrons. The van der Waals surface area contributed by atoms with Crippen molar-refractivity contribution in [2.24, 2.45) is 0 Å². The number of esters is 1. The molecule has 0 N–H and O–H groups in total. The Hall–Kier alpha value is -3.26. The van der Waals surface area contributed by atoms with Crippen molar-refractivity contribution in [2.75, 3.05) is 0 Å². The van der Waals surface area contributed by atoms with E-state index in [1.54, 1.807) is 12.1 Å². The van der Waals surface area contributed by atoms with E-state index in [1.807, 2.05) is 0 Å². The number of hydrogen-bond donors (Lipinski definition) is 0. The highest BCUT2D eigenvalue weighted by Crippen LogP contribution is 2.19. The van der Waals surface area contributed by atoms with E-state index in [0.717, 1.165) is 0 Å².